The average Bonchev–Trinajstić information content (AvgIpc) is 2.44. The number of anilines is 1. The van der Waals surface area contributed by atoms with Crippen LogP contribution in [0.4, 0.5) is 5.82 Å². The van der Waals surface area contributed by atoms with Crippen LogP contribution in [0.3, 0.4) is 0 Å². The van der Waals surface area contributed by atoms with Crippen molar-refractivity contribution in [3.63, 3.8) is 0 Å². The van der Waals surface area contributed by atoms with Crippen molar-refractivity contribution in [3.8, 4) is 11.4 Å². The maximum atomic E-state index is 4.79. The molecular formula is C17H22BrN3. The lowest BCUT2D eigenvalue weighted by Crippen LogP contribution is -2.07. The van der Waals surface area contributed by atoms with Crippen LogP contribution in [0.2, 0.25) is 0 Å². The van der Waals surface area contributed by atoms with Gasteiger partial charge in [0.25, 0.3) is 0 Å². The van der Waals surface area contributed by atoms with Gasteiger partial charge in [-0.05, 0) is 53.7 Å². The fourth-order valence-electron chi connectivity index (χ4n) is 2.25. The number of benzene rings is 1. The summed E-state index contributed by atoms with van der Waals surface area (Å²) in [7, 11) is 0. The number of aryl methyl sites for hydroxylation is 1. The van der Waals surface area contributed by atoms with Crippen LogP contribution in [0.25, 0.3) is 11.4 Å². The molecule has 0 saturated carbocycles. The molecule has 1 heterocycles. The number of nitrogens with zero attached hydrogens (tertiary/aromatic N) is 2. The second kappa shape index (κ2) is 6.56. The second-order valence-electron chi connectivity index (χ2n) is 5.53. The first-order valence-electron chi connectivity index (χ1n) is 7.33. The molecule has 3 nitrogen and oxygen atoms in total. The molecule has 112 valence electrons. The normalized spacial score (nSPS) is 11.0. The summed E-state index contributed by atoms with van der Waals surface area (Å²) < 4.78 is 0.966. The fraction of sp³-hybridized carbons (Fsp3) is 0.412. The van der Waals surface area contributed by atoms with Crippen LogP contribution in [-0.4, -0.2) is 16.5 Å². The van der Waals surface area contributed by atoms with E-state index in [0.717, 1.165) is 33.9 Å². The van der Waals surface area contributed by atoms with Crippen molar-refractivity contribution < 1.29 is 0 Å². The SMILES string of the molecule is CCNc1nc(-c2cccc(C)c2C)nc(C(C)C)c1Br. The number of rotatable bonds is 4. The lowest BCUT2D eigenvalue weighted by Gasteiger charge is -2.15. The van der Waals surface area contributed by atoms with Gasteiger partial charge >= 0.3 is 0 Å². The van der Waals surface area contributed by atoms with Crippen molar-refractivity contribution in [2.45, 2.75) is 40.5 Å². The second-order valence-corrected chi connectivity index (χ2v) is 6.32. The van der Waals surface area contributed by atoms with Crippen molar-refractivity contribution in [3.05, 3.63) is 39.5 Å². The molecule has 0 radical (unpaired) electrons. The van der Waals surface area contributed by atoms with Gasteiger partial charge in [-0.2, -0.15) is 0 Å². The summed E-state index contributed by atoms with van der Waals surface area (Å²) in [6.07, 6.45) is 0. The maximum Gasteiger partial charge on any atom is 0.162 e. The van der Waals surface area contributed by atoms with Gasteiger partial charge in [0.15, 0.2) is 5.82 Å². The van der Waals surface area contributed by atoms with E-state index >= 15 is 0 Å². The topological polar surface area (TPSA) is 37.8 Å². The van der Waals surface area contributed by atoms with Crippen molar-refractivity contribution in [2.24, 2.45) is 0 Å². The van der Waals surface area contributed by atoms with E-state index in [2.05, 4.69) is 74.1 Å². The Morgan fingerprint density at radius 2 is 1.90 bits per heavy atom. The van der Waals surface area contributed by atoms with Crippen LogP contribution in [0.1, 0.15) is 43.5 Å². The van der Waals surface area contributed by atoms with Crippen LogP contribution in [0.5, 0.6) is 0 Å². The van der Waals surface area contributed by atoms with Crippen molar-refractivity contribution in [1.82, 2.24) is 9.97 Å². The fourth-order valence-corrected chi connectivity index (χ4v) is 3.02. The third-order valence-electron chi connectivity index (χ3n) is 3.61. The van der Waals surface area contributed by atoms with E-state index in [9.17, 15) is 0 Å². The summed E-state index contributed by atoms with van der Waals surface area (Å²) in [5.41, 5.74) is 4.63. The Bertz CT molecular complexity index is 651. The highest BCUT2D eigenvalue weighted by molar-refractivity contribution is 9.10. The van der Waals surface area contributed by atoms with Gasteiger partial charge < -0.3 is 5.32 Å². The molecule has 0 aliphatic heterocycles. The first kappa shape index (κ1) is 16.0. The molecule has 0 aliphatic carbocycles. The number of nitrogens with one attached hydrogen (secondary N) is 1. The van der Waals surface area contributed by atoms with Gasteiger partial charge in [-0.1, -0.05) is 32.0 Å². The Labute approximate surface area is 135 Å². The number of halogens is 1. The maximum absolute atomic E-state index is 4.79. The summed E-state index contributed by atoms with van der Waals surface area (Å²) in [4.78, 5) is 9.50. The first-order chi connectivity index (χ1) is 9.95. The van der Waals surface area contributed by atoms with E-state index < -0.39 is 0 Å². The van der Waals surface area contributed by atoms with E-state index in [1.165, 1.54) is 11.1 Å². The van der Waals surface area contributed by atoms with Crippen LogP contribution in [-0.2, 0) is 0 Å². The molecule has 0 spiro atoms. The van der Waals surface area contributed by atoms with Gasteiger partial charge in [-0.15, -0.1) is 0 Å². The number of aromatic nitrogens is 2. The quantitative estimate of drug-likeness (QED) is 0.837. The predicted octanol–water partition coefficient (Wildman–Crippen LogP) is 5.08. The Morgan fingerprint density at radius 3 is 2.52 bits per heavy atom. The molecule has 0 unspecified atom stereocenters. The molecule has 4 heteroatoms. The molecule has 2 aromatic rings. The Hall–Kier alpha value is -1.42. The minimum absolute atomic E-state index is 0.337. The monoisotopic (exact) mass is 347 g/mol. The Kier molecular flexibility index (Phi) is 4.99. The first-order valence-corrected chi connectivity index (χ1v) is 8.12. The lowest BCUT2D eigenvalue weighted by atomic mass is 10.0. The molecule has 0 fully saturated rings. The summed E-state index contributed by atoms with van der Waals surface area (Å²) >= 11 is 3.64. The average molecular weight is 348 g/mol. The van der Waals surface area contributed by atoms with Gasteiger partial charge in [0, 0.05) is 12.1 Å². The molecule has 0 amide bonds. The largest absolute Gasteiger partial charge is 0.369 e. The van der Waals surface area contributed by atoms with Crippen molar-refractivity contribution >= 4 is 21.7 Å². The molecule has 1 aromatic carbocycles. The molecule has 0 aliphatic rings. The zero-order valence-electron chi connectivity index (χ0n) is 13.3. The van der Waals surface area contributed by atoms with Gasteiger partial charge in [0.1, 0.15) is 5.82 Å². The Morgan fingerprint density at radius 1 is 1.19 bits per heavy atom. The van der Waals surface area contributed by atoms with Gasteiger partial charge in [0.05, 0.1) is 10.2 Å². The molecule has 1 N–H and O–H groups in total. The standard InChI is InChI=1S/C17H22BrN3/c1-6-19-17-14(18)15(10(2)3)20-16(21-17)13-9-7-8-11(4)12(13)5/h7-10H,6H2,1-5H3,(H,19,20,21). The van der Waals surface area contributed by atoms with Crippen LogP contribution in [0, 0.1) is 13.8 Å². The van der Waals surface area contributed by atoms with Crippen LogP contribution >= 0.6 is 15.9 Å². The lowest BCUT2D eigenvalue weighted by molar-refractivity contribution is 0.809. The van der Waals surface area contributed by atoms with Crippen LogP contribution in [0.15, 0.2) is 22.7 Å². The highest BCUT2D eigenvalue weighted by Crippen LogP contribution is 2.32. The predicted molar refractivity (Wildman–Crippen MR) is 92.9 cm³/mol. The molecule has 1 aromatic heterocycles. The van der Waals surface area contributed by atoms with E-state index in [1.807, 2.05) is 0 Å². The molecule has 0 atom stereocenters. The Balaban J connectivity index is 2.66. The van der Waals surface area contributed by atoms with Crippen molar-refractivity contribution in [2.75, 3.05) is 11.9 Å². The highest BCUT2D eigenvalue weighted by atomic mass is 79.9. The van der Waals surface area contributed by atoms with Gasteiger partial charge in [-0.25, -0.2) is 9.97 Å². The van der Waals surface area contributed by atoms with E-state index in [-0.39, 0.29) is 0 Å². The number of hydrogen-bond acceptors (Lipinski definition) is 3. The minimum Gasteiger partial charge on any atom is -0.369 e. The molecule has 0 bridgehead atoms. The third-order valence-corrected chi connectivity index (χ3v) is 4.40. The zero-order chi connectivity index (χ0) is 15.6. The summed E-state index contributed by atoms with van der Waals surface area (Å²) in [5, 5.41) is 3.32. The molecule has 2 rings (SSSR count). The minimum atomic E-state index is 0.337. The van der Waals surface area contributed by atoms with Crippen LogP contribution < -0.4 is 5.32 Å². The van der Waals surface area contributed by atoms with Gasteiger partial charge in [0.2, 0.25) is 0 Å². The van der Waals surface area contributed by atoms with Gasteiger partial charge in [-0.3, -0.25) is 0 Å². The third kappa shape index (κ3) is 3.26. The summed E-state index contributed by atoms with van der Waals surface area (Å²) in [6, 6.07) is 6.27. The molecule has 21 heavy (non-hydrogen) atoms. The highest BCUT2D eigenvalue weighted by Gasteiger charge is 2.16. The van der Waals surface area contributed by atoms with E-state index in [1.54, 1.807) is 0 Å². The molecule has 0 saturated heterocycles. The number of hydrogen-bond donors (Lipinski definition) is 1. The zero-order valence-corrected chi connectivity index (χ0v) is 14.9. The summed E-state index contributed by atoms with van der Waals surface area (Å²) in [6.45, 7) is 11.4. The van der Waals surface area contributed by atoms with E-state index in [4.69, 9.17) is 9.97 Å². The van der Waals surface area contributed by atoms with Crippen molar-refractivity contribution in [1.29, 1.82) is 0 Å². The smallest absolute Gasteiger partial charge is 0.162 e. The summed E-state index contributed by atoms with van der Waals surface area (Å²) in [5.74, 6) is 2.00. The molecular weight excluding hydrogens is 326 g/mol. The van der Waals surface area contributed by atoms with E-state index in [0.29, 0.717) is 5.92 Å².